The molecule has 0 saturated heterocycles. The van der Waals surface area contributed by atoms with Crippen LogP contribution in [0.1, 0.15) is 13.8 Å². The third-order valence-corrected chi connectivity index (χ3v) is 2.59. The van der Waals surface area contributed by atoms with E-state index in [-0.39, 0.29) is 5.44 Å². The second-order valence-electron chi connectivity index (χ2n) is 3.37. The molecule has 0 fully saturated rings. The van der Waals surface area contributed by atoms with Gasteiger partial charge in [0.1, 0.15) is 5.75 Å². The average Bonchev–Trinajstić information content (AvgIpc) is 2.27. The van der Waals surface area contributed by atoms with Crippen molar-refractivity contribution in [3.8, 4) is 5.75 Å². The lowest BCUT2D eigenvalue weighted by Gasteiger charge is -2.22. The molecule has 0 N–H and O–H groups in total. The van der Waals surface area contributed by atoms with Crippen LogP contribution in [0.25, 0.3) is 0 Å². The zero-order valence-corrected chi connectivity index (χ0v) is 10.3. The van der Waals surface area contributed by atoms with Crippen molar-refractivity contribution in [1.82, 2.24) is 4.90 Å². The highest BCUT2D eigenvalue weighted by atomic mass is 32.1. The van der Waals surface area contributed by atoms with Gasteiger partial charge in [-0.25, -0.2) is 0 Å². The Morgan fingerprint density at radius 2 is 1.80 bits per heavy atom. The highest BCUT2D eigenvalue weighted by Crippen LogP contribution is 2.13. The minimum absolute atomic E-state index is 0.0627. The fourth-order valence-corrected chi connectivity index (χ4v) is 1.75. The molecule has 15 heavy (non-hydrogen) atoms. The smallest absolute Gasteiger partial charge is 0.154 e. The van der Waals surface area contributed by atoms with Crippen molar-refractivity contribution >= 4 is 12.6 Å². The summed E-state index contributed by atoms with van der Waals surface area (Å²) in [5.41, 5.74) is -0.0627. The van der Waals surface area contributed by atoms with Crippen LogP contribution >= 0.6 is 12.6 Å². The van der Waals surface area contributed by atoms with Crippen molar-refractivity contribution in [1.29, 1.82) is 0 Å². The van der Waals surface area contributed by atoms with Crippen molar-refractivity contribution in [3.63, 3.8) is 0 Å². The maximum absolute atomic E-state index is 5.67. The number of nitrogens with zero attached hydrogens (tertiary/aromatic N) is 1. The van der Waals surface area contributed by atoms with E-state index in [9.17, 15) is 0 Å². The number of rotatable bonds is 6. The predicted octanol–water partition coefficient (Wildman–Crippen LogP) is 2.66. The average molecular weight is 225 g/mol. The second-order valence-corrected chi connectivity index (χ2v) is 3.95. The molecule has 0 aromatic heterocycles. The predicted molar refractivity (Wildman–Crippen MR) is 67.6 cm³/mol. The molecular formula is C12H19NOS. The molecule has 0 bridgehead atoms. The van der Waals surface area contributed by atoms with Crippen LogP contribution in [0.2, 0.25) is 0 Å². The van der Waals surface area contributed by atoms with Crippen LogP contribution in [0.3, 0.4) is 0 Å². The van der Waals surface area contributed by atoms with Crippen molar-refractivity contribution < 1.29 is 4.74 Å². The lowest BCUT2D eigenvalue weighted by Crippen LogP contribution is -2.32. The molecule has 1 unspecified atom stereocenters. The van der Waals surface area contributed by atoms with Crippen LogP contribution in [-0.2, 0) is 0 Å². The van der Waals surface area contributed by atoms with Gasteiger partial charge in [-0.1, -0.05) is 32.0 Å². The summed E-state index contributed by atoms with van der Waals surface area (Å²) in [4.78, 5) is 2.29. The summed E-state index contributed by atoms with van der Waals surface area (Å²) in [5.74, 6) is 0.879. The number of ether oxygens (including phenoxy) is 1. The van der Waals surface area contributed by atoms with Crippen molar-refractivity contribution in [2.75, 3.05) is 19.6 Å². The van der Waals surface area contributed by atoms with Gasteiger partial charge < -0.3 is 4.74 Å². The largest absolute Gasteiger partial charge is 0.479 e. The molecule has 0 amide bonds. The summed E-state index contributed by atoms with van der Waals surface area (Å²) in [6.45, 7) is 7.21. The van der Waals surface area contributed by atoms with E-state index < -0.39 is 0 Å². The third-order valence-electron chi connectivity index (χ3n) is 2.32. The van der Waals surface area contributed by atoms with Crippen LogP contribution in [0.4, 0.5) is 0 Å². The van der Waals surface area contributed by atoms with Crippen LogP contribution in [-0.4, -0.2) is 30.0 Å². The molecule has 0 saturated carbocycles. The Morgan fingerprint density at radius 3 is 2.33 bits per heavy atom. The maximum Gasteiger partial charge on any atom is 0.154 e. The molecule has 3 heteroatoms. The Labute approximate surface area is 97.6 Å². The highest BCUT2D eigenvalue weighted by molar-refractivity contribution is 7.80. The minimum atomic E-state index is -0.0627. The van der Waals surface area contributed by atoms with Gasteiger partial charge in [-0.05, 0) is 25.2 Å². The van der Waals surface area contributed by atoms with E-state index in [1.54, 1.807) is 0 Å². The Balaban J connectivity index is 2.39. The first-order chi connectivity index (χ1) is 7.26. The van der Waals surface area contributed by atoms with Crippen molar-refractivity contribution in [2.24, 2.45) is 0 Å². The molecule has 0 heterocycles. The molecular weight excluding hydrogens is 206 g/mol. The second kappa shape index (κ2) is 6.75. The van der Waals surface area contributed by atoms with Gasteiger partial charge in [0.2, 0.25) is 0 Å². The number of hydrogen-bond acceptors (Lipinski definition) is 3. The number of thiol groups is 1. The van der Waals surface area contributed by atoms with Gasteiger partial charge in [0.25, 0.3) is 0 Å². The summed E-state index contributed by atoms with van der Waals surface area (Å²) in [7, 11) is 0. The first kappa shape index (κ1) is 12.4. The normalized spacial score (nSPS) is 12.8. The standard InChI is InChI=1S/C12H19NOS/c1-3-13(4-2)10-12(15)14-11-8-6-5-7-9-11/h5-9,12,15H,3-4,10H2,1-2H3. The molecule has 0 aliphatic rings. The van der Waals surface area contributed by atoms with E-state index in [0.29, 0.717) is 0 Å². The zero-order valence-electron chi connectivity index (χ0n) is 9.39. The quantitative estimate of drug-likeness (QED) is 0.590. The molecule has 0 aliphatic heterocycles. The topological polar surface area (TPSA) is 12.5 Å². The molecule has 2 nitrogen and oxygen atoms in total. The summed E-state index contributed by atoms with van der Waals surface area (Å²) in [6.07, 6.45) is 0. The number of likely N-dealkylation sites (N-methyl/N-ethyl adjacent to an activating group) is 1. The Hall–Kier alpha value is -0.670. The zero-order chi connectivity index (χ0) is 11.1. The van der Waals surface area contributed by atoms with Crippen LogP contribution in [0.5, 0.6) is 5.75 Å². The fraction of sp³-hybridized carbons (Fsp3) is 0.500. The Kier molecular flexibility index (Phi) is 5.58. The Morgan fingerprint density at radius 1 is 1.20 bits per heavy atom. The van der Waals surface area contributed by atoms with E-state index in [2.05, 4.69) is 31.4 Å². The molecule has 0 spiro atoms. The third kappa shape index (κ3) is 4.58. The maximum atomic E-state index is 5.67. The van der Waals surface area contributed by atoms with Crippen LogP contribution < -0.4 is 4.74 Å². The SMILES string of the molecule is CCN(CC)CC(S)Oc1ccccc1. The number of benzene rings is 1. The van der Waals surface area contributed by atoms with E-state index in [0.717, 1.165) is 25.4 Å². The van der Waals surface area contributed by atoms with E-state index in [1.807, 2.05) is 30.3 Å². The lowest BCUT2D eigenvalue weighted by atomic mass is 10.3. The molecule has 1 aromatic carbocycles. The van der Waals surface area contributed by atoms with E-state index >= 15 is 0 Å². The lowest BCUT2D eigenvalue weighted by molar-refractivity contribution is 0.201. The van der Waals surface area contributed by atoms with Crippen LogP contribution in [0, 0.1) is 0 Å². The van der Waals surface area contributed by atoms with Gasteiger partial charge in [-0.15, -0.1) is 12.6 Å². The Bertz CT molecular complexity index is 262. The molecule has 1 aromatic rings. The van der Waals surface area contributed by atoms with Crippen LogP contribution in [0.15, 0.2) is 30.3 Å². The van der Waals surface area contributed by atoms with Gasteiger partial charge in [0, 0.05) is 6.54 Å². The minimum Gasteiger partial charge on any atom is -0.479 e. The molecule has 0 radical (unpaired) electrons. The van der Waals surface area contributed by atoms with Gasteiger partial charge in [-0.3, -0.25) is 4.90 Å². The van der Waals surface area contributed by atoms with Gasteiger partial charge >= 0.3 is 0 Å². The van der Waals surface area contributed by atoms with Gasteiger partial charge in [0.15, 0.2) is 5.44 Å². The first-order valence-corrected chi connectivity index (χ1v) is 5.90. The number of hydrogen-bond donors (Lipinski definition) is 1. The molecule has 0 aliphatic carbocycles. The van der Waals surface area contributed by atoms with Crippen molar-refractivity contribution in [2.45, 2.75) is 19.3 Å². The van der Waals surface area contributed by atoms with Gasteiger partial charge in [-0.2, -0.15) is 0 Å². The first-order valence-electron chi connectivity index (χ1n) is 5.38. The summed E-state index contributed by atoms with van der Waals surface area (Å²) in [5, 5.41) is 0. The van der Waals surface area contributed by atoms with Crippen molar-refractivity contribution in [3.05, 3.63) is 30.3 Å². The van der Waals surface area contributed by atoms with E-state index in [1.165, 1.54) is 0 Å². The number of para-hydroxylation sites is 1. The highest BCUT2D eigenvalue weighted by Gasteiger charge is 2.08. The summed E-state index contributed by atoms with van der Waals surface area (Å²) >= 11 is 4.42. The monoisotopic (exact) mass is 225 g/mol. The fourth-order valence-electron chi connectivity index (χ4n) is 1.40. The van der Waals surface area contributed by atoms with Gasteiger partial charge in [0.05, 0.1) is 0 Å². The van der Waals surface area contributed by atoms with E-state index in [4.69, 9.17) is 4.74 Å². The molecule has 1 atom stereocenters. The summed E-state index contributed by atoms with van der Waals surface area (Å²) < 4.78 is 5.67. The molecule has 84 valence electrons. The molecule has 1 rings (SSSR count). The summed E-state index contributed by atoms with van der Waals surface area (Å²) in [6, 6.07) is 9.81.